The molecule has 4 rings (SSSR count). The molecule has 2 amide bonds. The summed E-state index contributed by atoms with van der Waals surface area (Å²) < 4.78 is 14.1. The molecule has 3 atom stereocenters. The number of aliphatic hydroxyl groups is 1. The molecule has 0 spiro atoms. The van der Waals surface area contributed by atoms with E-state index in [-0.39, 0.29) is 17.3 Å². The average molecular weight is 549 g/mol. The molecule has 0 aliphatic carbocycles. The maximum Gasteiger partial charge on any atom is 0.267 e. The van der Waals surface area contributed by atoms with Gasteiger partial charge in [0.25, 0.3) is 11.5 Å². The van der Waals surface area contributed by atoms with E-state index in [1.165, 1.54) is 12.1 Å². The average Bonchev–Trinajstić information content (AvgIpc) is 3.36. The Balaban J connectivity index is 1.55. The third-order valence-corrected chi connectivity index (χ3v) is 7.69. The van der Waals surface area contributed by atoms with Gasteiger partial charge in [-0.3, -0.25) is 14.4 Å². The van der Waals surface area contributed by atoms with E-state index in [1.807, 2.05) is 19.9 Å². The highest BCUT2D eigenvalue weighted by Crippen LogP contribution is 2.41. The third kappa shape index (κ3) is 6.31. The number of carbonyl (C=O) groups excluding carboxylic acids is 2. The van der Waals surface area contributed by atoms with E-state index in [1.54, 1.807) is 56.0 Å². The van der Waals surface area contributed by atoms with Gasteiger partial charge in [0.2, 0.25) is 5.91 Å². The molecule has 2 heterocycles. The number of amides is 2. The molecule has 0 radical (unpaired) electrons. The Hall–Kier alpha value is -3.85. The van der Waals surface area contributed by atoms with Gasteiger partial charge in [0.1, 0.15) is 11.9 Å². The van der Waals surface area contributed by atoms with Crippen LogP contribution in [-0.2, 0) is 11.2 Å². The molecule has 1 aromatic heterocycles. The Bertz CT molecular complexity index is 1460. The Labute approximate surface area is 233 Å². The molecule has 3 N–H and O–H groups in total. The van der Waals surface area contributed by atoms with E-state index in [0.717, 1.165) is 11.1 Å². The minimum Gasteiger partial charge on any atom is -0.388 e. The fraction of sp³-hybridized carbons (Fsp3) is 0.419. The molecular weight excluding hydrogens is 511 g/mol. The molecule has 1 aliphatic heterocycles. The zero-order chi connectivity index (χ0) is 29.2. The van der Waals surface area contributed by atoms with Gasteiger partial charge in [-0.05, 0) is 94.0 Å². The van der Waals surface area contributed by atoms with Crippen LogP contribution in [0.15, 0.2) is 53.3 Å². The van der Waals surface area contributed by atoms with Gasteiger partial charge in [0.05, 0.1) is 23.4 Å². The maximum atomic E-state index is 14.1. The van der Waals surface area contributed by atoms with Crippen molar-refractivity contribution in [2.45, 2.75) is 84.0 Å². The largest absolute Gasteiger partial charge is 0.388 e. The summed E-state index contributed by atoms with van der Waals surface area (Å²) in [5, 5.41) is 20.2. The first kappa shape index (κ1) is 29.1. The second kappa shape index (κ2) is 11.7. The highest BCUT2D eigenvalue weighted by Gasteiger charge is 2.46. The van der Waals surface area contributed by atoms with Crippen LogP contribution in [0.4, 0.5) is 4.39 Å². The number of aromatic amines is 1. The molecule has 2 aromatic carbocycles. The highest BCUT2D eigenvalue weighted by molar-refractivity contribution is 5.98. The van der Waals surface area contributed by atoms with Gasteiger partial charge in [-0.25, -0.2) is 9.49 Å². The van der Waals surface area contributed by atoms with Crippen molar-refractivity contribution in [2.75, 3.05) is 0 Å². The normalized spacial score (nSPS) is 18.0. The van der Waals surface area contributed by atoms with Crippen LogP contribution >= 0.6 is 0 Å². The van der Waals surface area contributed by atoms with Crippen molar-refractivity contribution >= 4 is 11.8 Å². The van der Waals surface area contributed by atoms with Crippen molar-refractivity contribution in [1.82, 2.24) is 20.4 Å². The zero-order valence-electron chi connectivity index (χ0n) is 23.6. The van der Waals surface area contributed by atoms with E-state index >= 15 is 0 Å². The molecule has 0 saturated carbocycles. The van der Waals surface area contributed by atoms with Crippen LogP contribution in [0.1, 0.15) is 84.4 Å². The number of hydrogen-bond donors (Lipinski definition) is 3. The number of benzene rings is 2. The van der Waals surface area contributed by atoms with Crippen LogP contribution in [0, 0.1) is 19.7 Å². The molecule has 1 aliphatic rings. The van der Waals surface area contributed by atoms with Crippen LogP contribution in [0.3, 0.4) is 0 Å². The monoisotopic (exact) mass is 548 g/mol. The number of likely N-dealkylation sites (tertiary alicyclic amines) is 1. The number of H-pyrrole nitrogens is 1. The Morgan fingerprint density at radius 1 is 1.15 bits per heavy atom. The fourth-order valence-electron chi connectivity index (χ4n) is 5.55. The number of nitrogens with zero attached hydrogens (tertiary/aromatic N) is 2. The van der Waals surface area contributed by atoms with Crippen LogP contribution in [0.5, 0.6) is 0 Å². The standard InChI is InChI=1S/C31H37FN4O4/c1-6-25(30(39)36-26(12-13-27(36)31(4,5)40)21-8-7-9-24(32)17-21)33-28(37)22-11-10-20(18(2)14-22)16-23-15-19(3)34-35-29(23)38/h7-11,14-15,17,25-27,40H,6,12-13,16H2,1-5H3,(H,33,37)(H,35,38)/t25-,26+,27?/m1/s1. The van der Waals surface area contributed by atoms with Crippen LogP contribution < -0.4 is 10.9 Å². The summed E-state index contributed by atoms with van der Waals surface area (Å²) in [6, 6.07) is 11.4. The zero-order valence-corrected chi connectivity index (χ0v) is 23.6. The Kier molecular flexibility index (Phi) is 8.54. The quantitative estimate of drug-likeness (QED) is 0.392. The molecule has 3 aromatic rings. The first-order valence-corrected chi connectivity index (χ1v) is 13.6. The minimum absolute atomic E-state index is 0.251. The molecule has 40 heavy (non-hydrogen) atoms. The van der Waals surface area contributed by atoms with Gasteiger partial charge in [-0.15, -0.1) is 0 Å². The molecule has 8 nitrogen and oxygen atoms in total. The van der Waals surface area contributed by atoms with E-state index in [0.29, 0.717) is 48.1 Å². The van der Waals surface area contributed by atoms with Gasteiger partial charge in [0.15, 0.2) is 0 Å². The van der Waals surface area contributed by atoms with Gasteiger partial charge < -0.3 is 15.3 Å². The van der Waals surface area contributed by atoms with Crippen molar-refractivity contribution in [3.05, 3.63) is 98.2 Å². The number of aromatic nitrogens is 2. The first-order chi connectivity index (χ1) is 18.9. The number of carbonyl (C=O) groups is 2. The molecule has 0 bridgehead atoms. The second-order valence-corrected chi connectivity index (χ2v) is 11.2. The fourth-order valence-corrected chi connectivity index (χ4v) is 5.55. The molecular formula is C31H37FN4O4. The summed E-state index contributed by atoms with van der Waals surface area (Å²) in [6.07, 6.45) is 1.88. The van der Waals surface area contributed by atoms with Gasteiger partial charge in [-0.1, -0.05) is 25.1 Å². The van der Waals surface area contributed by atoms with E-state index in [4.69, 9.17) is 0 Å². The second-order valence-electron chi connectivity index (χ2n) is 11.2. The van der Waals surface area contributed by atoms with Crippen LogP contribution in [-0.4, -0.2) is 49.7 Å². The maximum absolute atomic E-state index is 14.1. The summed E-state index contributed by atoms with van der Waals surface area (Å²) in [7, 11) is 0. The molecule has 9 heteroatoms. The smallest absolute Gasteiger partial charge is 0.267 e. The van der Waals surface area contributed by atoms with Crippen molar-refractivity contribution in [1.29, 1.82) is 0 Å². The van der Waals surface area contributed by atoms with Crippen molar-refractivity contribution in [2.24, 2.45) is 0 Å². The van der Waals surface area contributed by atoms with Gasteiger partial charge in [0, 0.05) is 17.5 Å². The van der Waals surface area contributed by atoms with Crippen molar-refractivity contribution in [3.63, 3.8) is 0 Å². The molecule has 1 fully saturated rings. The lowest BCUT2D eigenvalue weighted by molar-refractivity contribution is -0.141. The summed E-state index contributed by atoms with van der Waals surface area (Å²) in [5.41, 5.74) is 2.67. The van der Waals surface area contributed by atoms with Crippen molar-refractivity contribution < 1.29 is 19.1 Å². The number of aryl methyl sites for hydroxylation is 2. The predicted octanol–water partition coefficient (Wildman–Crippen LogP) is 4.13. The lowest BCUT2D eigenvalue weighted by atomic mass is 9.96. The highest BCUT2D eigenvalue weighted by atomic mass is 19.1. The van der Waals surface area contributed by atoms with E-state index < -0.39 is 29.6 Å². The minimum atomic E-state index is -1.18. The first-order valence-electron chi connectivity index (χ1n) is 13.6. The number of rotatable bonds is 8. The van der Waals surface area contributed by atoms with Crippen LogP contribution in [0.2, 0.25) is 0 Å². The number of halogens is 1. The molecule has 1 unspecified atom stereocenters. The number of hydrogen-bond acceptors (Lipinski definition) is 5. The lowest BCUT2D eigenvalue weighted by Crippen LogP contribution is -2.55. The SMILES string of the molecule is CC[C@@H](NC(=O)c1ccc(Cc2cc(C)n[nH]c2=O)c(C)c1)C(=O)N1C(C(C)(C)O)CC[C@H]1c1cccc(F)c1. The van der Waals surface area contributed by atoms with Crippen LogP contribution in [0.25, 0.3) is 0 Å². The third-order valence-electron chi connectivity index (χ3n) is 7.69. The predicted molar refractivity (Wildman–Crippen MR) is 150 cm³/mol. The van der Waals surface area contributed by atoms with E-state index in [2.05, 4.69) is 15.5 Å². The van der Waals surface area contributed by atoms with E-state index in [9.17, 15) is 23.9 Å². The Morgan fingerprint density at radius 3 is 2.55 bits per heavy atom. The van der Waals surface area contributed by atoms with Gasteiger partial charge in [-0.2, -0.15) is 5.10 Å². The molecule has 1 saturated heterocycles. The number of nitrogens with one attached hydrogen (secondary N) is 2. The summed E-state index contributed by atoms with van der Waals surface area (Å²) in [6.45, 7) is 8.82. The lowest BCUT2D eigenvalue weighted by Gasteiger charge is -2.39. The summed E-state index contributed by atoms with van der Waals surface area (Å²) >= 11 is 0. The molecule has 212 valence electrons. The summed E-state index contributed by atoms with van der Waals surface area (Å²) in [4.78, 5) is 41.0. The van der Waals surface area contributed by atoms with Crippen molar-refractivity contribution in [3.8, 4) is 0 Å². The Morgan fingerprint density at radius 2 is 1.90 bits per heavy atom. The summed E-state index contributed by atoms with van der Waals surface area (Å²) in [5.74, 6) is -1.09. The topological polar surface area (TPSA) is 115 Å². The van der Waals surface area contributed by atoms with Gasteiger partial charge >= 0.3 is 0 Å².